The van der Waals surface area contributed by atoms with Crippen LogP contribution < -0.4 is 4.72 Å². The van der Waals surface area contributed by atoms with Gasteiger partial charge in [-0.1, -0.05) is 41.4 Å². The predicted octanol–water partition coefficient (Wildman–Crippen LogP) is 4.58. The minimum absolute atomic E-state index is 0.0789. The maximum absolute atomic E-state index is 12.2. The van der Waals surface area contributed by atoms with E-state index >= 15 is 0 Å². The van der Waals surface area contributed by atoms with Gasteiger partial charge >= 0.3 is 0 Å². The molecule has 1 N–H and O–H groups in total. The van der Waals surface area contributed by atoms with Crippen LogP contribution >= 0.6 is 43.5 Å². The molecule has 0 saturated heterocycles. The highest BCUT2D eigenvalue weighted by molar-refractivity contribution is 9.10. The number of sulfonamides is 1. The van der Waals surface area contributed by atoms with Gasteiger partial charge in [-0.25, -0.2) is 13.1 Å². The van der Waals surface area contributed by atoms with E-state index in [1.54, 1.807) is 6.07 Å². The molecule has 0 saturated carbocycles. The van der Waals surface area contributed by atoms with E-state index in [-0.39, 0.29) is 10.3 Å². The molecule has 0 fully saturated rings. The van der Waals surface area contributed by atoms with Gasteiger partial charge in [-0.15, -0.1) is 0 Å². The van der Waals surface area contributed by atoms with Crippen molar-refractivity contribution in [2.75, 3.05) is 11.9 Å². The second-order valence-corrected chi connectivity index (χ2v) is 9.18. The van der Waals surface area contributed by atoms with Crippen LogP contribution in [0.1, 0.15) is 26.7 Å². The lowest BCUT2D eigenvalue weighted by Gasteiger charge is -2.24. The van der Waals surface area contributed by atoms with E-state index in [2.05, 4.69) is 50.4 Å². The van der Waals surface area contributed by atoms with Crippen molar-refractivity contribution >= 4 is 53.5 Å². The average molecular weight is 448 g/mol. The van der Waals surface area contributed by atoms with E-state index in [9.17, 15) is 8.42 Å². The molecule has 0 aromatic heterocycles. The molecule has 7 heteroatoms. The number of nitrogens with one attached hydrogen (secondary N) is 1. The summed E-state index contributed by atoms with van der Waals surface area (Å²) in [4.78, 5) is 0.213. The monoisotopic (exact) mass is 445 g/mol. The van der Waals surface area contributed by atoms with Crippen LogP contribution in [0.4, 0.5) is 0 Å². The minimum Gasteiger partial charge on any atom is -0.211 e. The highest BCUT2D eigenvalue weighted by Crippen LogP contribution is 2.26. The summed E-state index contributed by atoms with van der Waals surface area (Å²) < 4.78 is 27.7. The normalized spacial score (nSPS) is 12.7. The molecule has 1 rings (SSSR count). The molecule has 0 heterocycles. The molecule has 0 spiro atoms. The minimum atomic E-state index is -3.51. The van der Waals surface area contributed by atoms with E-state index in [1.807, 2.05) is 0 Å². The number of benzene rings is 1. The fourth-order valence-electron chi connectivity index (χ4n) is 1.65. The number of alkyl halides is 1. The van der Waals surface area contributed by atoms with Crippen LogP contribution in [0.5, 0.6) is 0 Å². The molecular formula is C13H18Br2ClNO2S. The van der Waals surface area contributed by atoms with Crippen molar-refractivity contribution in [2.45, 2.75) is 31.6 Å². The topological polar surface area (TPSA) is 46.2 Å². The summed E-state index contributed by atoms with van der Waals surface area (Å²) in [5.74, 6) is 0. The fourth-order valence-corrected chi connectivity index (χ4v) is 3.85. The first-order valence-electron chi connectivity index (χ1n) is 6.19. The first kappa shape index (κ1) is 18.4. The molecule has 20 heavy (non-hydrogen) atoms. The van der Waals surface area contributed by atoms with Crippen LogP contribution in [0.3, 0.4) is 0 Å². The molecular weight excluding hydrogens is 429 g/mol. The van der Waals surface area contributed by atoms with E-state index in [1.165, 1.54) is 12.1 Å². The van der Waals surface area contributed by atoms with Gasteiger partial charge in [-0.05, 0) is 52.4 Å². The summed E-state index contributed by atoms with van der Waals surface area (Å²) in [5.41, 5.74) is -0.0789. The Hall–Kier alpha value is 0.380. The van der Waals surface area contributed by atoms with E-state index in [0.717, 1.165) is 18.2 Å². The van der Waals surface area contributed by atoms with Crippen LogP contribution in [-0.2, 0) is 10.0 Å². The summed E-state index contributed by atoms with van der Waals surface area (Å²) in [5, 5.41) is 1.41. The van der Waals surface area contributed by atoms with Crippen molar-refractivity contribution < 1.29 is 8.42 Å². The Morgan fingerprint density at radius 1 is 1.35 bits per heavy atom. The molecule has 1 aromatic carbocycles. The van der Waals surface area contributed by atoms with Crippen molar-refractivity contribution in [3.8, 4) is 0 Å². The van der Waals surface area contributed by atoms with Gasteiger partial charge in [0.25, 0.3) is 0 Å². The average Bonchev–Trinajstić information content (AvgIpc) is 2.37. The Morgan fingerprint density at radius 3 is 2.55 bits per heavy atom. The van der Waals surface area contributed by atoms with Crippen LogP contribution in [0, 0.1) is 5.41 Å². The van der Waals surface area contributed by atoms with Gasteiger partial charge in [0, 0.05) is 16.3 Å². The van der Waals surface area contributed by atoms with Crippen LogP contribution in [0.2, 0.25) is 5.02 Å². The lowest BCUT2D eigenvalue weighted by Crippen LogP contribution is -2.34. The molecule has 0 bridgehead atoms. The van der Waals surface area contributed by atoms with Gasteiger partial charge in [-0.2, -0.15) is 0 Å². The third-order valence-corrected chi connectivity index (χ3v) is 6.10. The van der Waals surface area contributed by atoms with Crippen molar-refractivity contribution in [3.63, 3.8) is 0 Å². The molecule has 114 valence electrons. The molecule has 0 radical (unpaired) electrons. The molecule has 0 amide bonds. The van der Waals surface area contributed by atoms with Crippen molar-refractivity contribution in [2.24, 2.45) is 5.41 Å². The highest BCUT2D eigenvalue weighted by atomic mass is 79.9. The number of hydrogen-bond donors (Lipinski definition) is 1. The van der Waals surface area contributed by atoms with Gasteiger partial charge in [0.15, 0.2) is 0 Å². The molecule has 0 aliphatic heterocycles. The van der Waals surface area contributed by atoms with Gasteiger partial charge in [0.2, 0.25) is 10.0 Å². The smallest absolute Gasteiger partial charge is 0.211 e. The van der Waals surface area contributed by atoms with Crippen LogP contribution in [0.25, 0.3) is 0 Å². The van der Waals surface area contributed by atoms with Crippen molar-refractivity contribution in [1.29, 1.82) is 0 Å². The van der Waals surface area contributed by atoms with Crippen LogP contribution in [0.15, 0.2) is 27.6 Å². The number of halogens is 3. The summed E-state index contributed by atoms with van der Waals surface area (Å²) in [6.07, 6.45) is 1.96. The first-order valence-corrected chi connectivity index (χ1v) is 9.96. The summed E-state index contributed by atoms with van der Waals surface area (Å²) in [7, 11) is -3.51. The van der Waals surface area contributed by atoms with E-state index in [0.29, 0.717) is 16.0 Å². The Bertz CT molecular complexity index is 561. The van der Waals surface area contributed by atoms with Gasteiger partial charge in [0.05, 0.1) is 9.92 Å². The molecule has 1 aromatic rings. The molecule has 0 aliphatic carbocycles. The summed E-state index contributed by atoms with van der Waals surface area (Å²) in [6, 6.07) is 4.58. The SMILES string of the molecule is CC(C)(CCCBr)CNS(=O)(=O)c1ccc(Cl)c(Br)c1. The Labute approximate surface area is 142 Å². The predicted molar refractivity (Wildman–Crippen MR) is 91.1 cm³/mol. The largest absolute Gasteiger partial charge is 0.240 e. The second-order valence-electron chi connectivity index (χ2n) is 5.36. The fraction of sp³-hybridized carbons (Fsp3) is 0.538. The zero-order chi connectivity index (χ0) is 15.4. The third kappa shape index (κ3) is 5.64. The maximum atomic E-state index is 12.2. The summed E-state index contributed by atoms with van der Waals surface area (Å²) in [6.45, 7) is 4.51. The first-order chi connectivity index (χ1) is 9.18. The quantitative estimate of drug-likeness (QED) is 0.622. The van der Waals surface area contributed by atoms with Gasteiger partial charge in [-0.3, -0.25) is 0 Å². The number of rotatable bonds is 7. The summed E-state index contributed by atoms with van der Waals surface area (Å²) >= 11 is 12.5. The molecule has 3 nitrogen and oxygen atoms in total. The highest BCUT2D eigenvalue weighted by Gasteiger charge is 2.22. The number of hydrogen-bond acceptors (Lipinski definition) is 2. The molecule has 0 aliphatic rings. The van der Waals surface area contributed by atoms with Crippen molar-refractivity contribution in [3.05, 3.63) is 27.7 Å². The zero-order valence-corrected chi connectivity index (χ0v) is 16.2. The lowest BCUT2D eigenvalue weighted by molar-refractivity contribution is 0.332. The van der Waals surface area contributed by atoms with Gasteiger partial charge < -0.3 is 0 Å². The lowest BCUT2D eigenvalue weighted by atomic mass is 9.88. The molecule has 0 atom stereocenters. The van der Waals surface area contributed by atoms with E-state index in [4.69, 9.17) is 11.6 Å². The van der Waals surface area contributed by atoms with Crippen molar-refractivity contribution in [1.82, 2.24) is 4.72 Å². The van der Waals surface area contributed by atoms with E-state index < -0.39 is 10.0 Å². The third-order valence-electron chi connectivity index (χ3n) is 2.93. The van der Waals surface area contributed by atoms with Crippen LogP contribution in [-0.4, -0.2) is 20.3 Å². The maximum Gasteiger partial charge on any atom is 0.240 e. The Kier molecular flexibility index (Phi) is 6.99. The zero-order valence-electron chi connectivity index (χ0n) is 11.4. The second kappa shape index (κ2) is 7.58. The Balaban J connectivity index is 2.77. The standard InChI is InChI=1S/C13H18Br2ClNO2S/c1-13(2,6-3-7-14)9-17-20(18,19)10-4-5-12(16)11(15)8-10/h4-5,8,17H,3,6-7,9H2,1-2H3. The van der Waals surface area contributed by atoms with Gasteiger partial charge in [0.1, 0.15) is 0 Å². The molecule has 0 unspecified atom stereocenters. The Morgan fingerprint density at radius 2 is 2.00 bits per heavy atom.